The third kappa shape index (κ3) is 3.92. The third-order valence-corrected chi connectivity index (χ3v) is 3.69. The highest BCUT2D eigenvalue weighted by molar-refractivity contribution is 5.99. The summed E-state index contributed by atoms with van der Waals surface area (Å²) in [6, 6.07) is 17.2. The summed E-state index contributed by atoms with van der Waals surface area (Å²) in [5.74, 6) is 0.987. The molecule has 0 bridgehead atoms. The molecule has 0 aliphatic heterocycles. The normalized spacial score (nSPS) is 12.2. The second kappa shape index (κ2) is 7.04. The molecule has 0 amide bonds. The minimum atomic E-state index is -0.158. The molecular weight excluding hydrogens is 262 g/mol. The maximum Gasteiger partial charge on any atom is 0.179 e. The summed E-state index contributed by atoms with van der Waals surface area (Å²) in [5.41, 5.74) is 1.91. The van der Waals surface area contributed by atoms with Crippen LogP contribution in [0.2, 0.25) is 0 Å². The molecule has 0 aliphatic rings. The number of hydrogen-bond acceptors (Lipinski definition) is 3. The van der Waals surface area contributed by atoms with Gasteiger partial charge in [0.25, 0.3) is 0 Å². The lowest BCUT2D eigenvalue weighted by atomic mass is 10.0. The van der Waals surface area contributed by atoms with Crippen LogP contribution in [0, 0.1) is 0 Å². The molecule has 0 radical (unpaired) electrons. The first-order valence-electron chi connectivity index (χ1n) is 7.04. The fraction of sp³-hybridized carbons (Fsp3) is 0.278. The summed E-state index contributed by atoms with van der Waals surface area (Å²) in [4.78, 5) is 14.5. The topological polar surface area (TPSA) is 29.5 Å². The van der Waals surface area contributed by atoms with E-state index in [1.807, 2.05) is 68.6 Å². The SMILES string of the molecule is COc1ccc(CN(C)C(C)C(=O)c2ccccc2)cc1. The van der Waals surface area contributed by atoms with E-state index >= 15 is 0 Å². The quantitative estimate of drug-likeness (QED) is 0.761. The van der Waals surface area contributed by atoms with Gasteiger partial charge < -0.3 is 4.74 Å². The summed E-state index contributed by atoms with van der Waals surface area (Å²) in [7, 11) is 3.62. The second-order valence-electron chi connectivity index (χ2n) is 5.17. The highest BCUT2D eigenvalue weighted by Gasteiger charge is 2.19. The summed E-state index contributed by atoms with van der Waals surface area (Å²) in [5, 5.41) is 0. The van der Waals surface area contributed by atoms with E-state index in [0.717, 1.165) is 23.4 Å². The zero-order valence-corrected chi connectivity index (χ0v) is 12.7. The van der Waals surface area contributed by atoms with Crippen molar-refractivity contribution < 1.29 is 9.53 Å². The summed E-state index contributed by atoms with van der Waals surface area (Å²) >= 11 is 0. The Morgan fingerprint density at radius 2 is 1.71 bits per heavy atom. The lowest BCUT2D eigenvalue weighted by molar-refractivity contribution is 0.0862. The first-order chi connectivity index (χ1) is 10.1. The van der Waals surface area contributed by atoms with Gasteiger partial charge in [-0.1, -0.05) is 42.5 Å². The molecule has 0 saturated heterocycles. The number of ether oxygens (including phenoxy) is 1. The fourth-order valence-electron chi connectivity index (χ4n) is 2.20. The maximum atomic E-state index is 12.4. The minimum Gasteiger partial charge on any atom is -0.497 e. The Bertz CT molecular complexity index is 578. The number of carbonyl (C=O) groups excluding carboxylic acids is 1. The van der Waals surface area contributed by atoms with Gasteiger partial charge in [0.15, 0.2) is 5.78 Å². The van der Waals surface area contributed by atoms with Crippen LogP contribution >= 0.6 is 0 Å². The van der Waals surface area contributed by atoms with E-state index in [-0.39, 0.29) is 11.8 Å². The van der Waals surface area contributed by atoms with Gasteiger partial charge in [0.2, 0.25) is 0 Å². The standard InChI is InChI=1S/C18H21NO2/c1-14(18(20)16-7-5-4-6-8-16)19(2)13-15-9-11-17(21-3)12-10-15/h4-12,14H,13H2,1-3H3. The Morgan fingerprint density at radius 3 is 2.29 bits per heavy atom. The number of likely N-dealkylation sites (N-methyl/N-ethyl adjacent to an activating group) is 1. The van der Waals surface area contributed by atoms with Crippen LogP contribution in [-0.4, -0.2) is 30.9 Å². The molecule has 2 aromatic carbocycles. The zero-order valence-electron chi connectivity index (χ0n) is 12.7. The number of hydrogen-bond donors (Lipinski definition) is 0. The average Bonchev–Trinajstić information content (AvgIpc) is 2.55. The van der Waals surface area contributed by atoms with Crippen molar-refractivity contribution in [3.8, 4) is 5.75 Å². The average molecular weight is 283 g/mol. The third-order valence-electron chi connectivity index (χ3n) is 3.69. The highest BCUT2D eigenvalue weighted by atomic mass is 16.5. The van der Waals surface area contributed by atoms with Crippen molar-refractivity contribution in [1.29, 1.82) is 0 Å². The Labute approximate surface area is 126 Å². The number of carbonyl (C=O) groups is 1. The van der Waals surface area contributed by atoms with E-state index in [0.29, 0.717) is 0 Å². The van der Waals surface area contributed by atoms with Crippen LogP contribution in [0.4, 0.5) is 0 Å². The lowest BCUT2D eigenvalue weighted by Gasteiger charge is -2.23. The molecule has 0 N–H and O–H groups in total. The van der Waals surface area contributed by atoms with Crippen molar-refractivity contribution in [2.75, 3.05) is 14.2 Å². The van der Waals surface area contributed by atoms with Gasteiger partial charge in [-0.2, -0.15) is 0 Å². The van der Waals surface area contributed by atoms with E-state index in [4.69, 9.17) is 4.74 Å². The van der Waals surface area contributed by atoms with Gasteiger partial charge in [0, 0.05) is 12.1 Å². The number of Topliss-reactive ketones (excluding diaryl/α,β-unsaturated/α-hetero) is 1. The van der Waals surface area contributed by atoms with Crippen molar-refractivity contribution in [2.45, 2.75) is 19.5 Å². The monoisotopic (exact) mass is 283 g/mol. The number of methoxy groups -OCH3 is 1. The van der Waals surface area contributed by atoms with Gasteiger partial charge in [0.1, 0.15) is 5.75 Å². The summed E-state index contributed by atoms with van der Waals surface area (Å²) in [6.45, 7) is 2.67. The second-order valence-corrected chi connectivity index (χ2v) is 5.17. The number of ketones is 1. The van der Waals surface area contributed by atoms with Crippen LogP contribution < -0.4 is 4.74 Å². The van der Waals surface area contributed by atoms with Crippen LogP contribution in [0.25, 0.3) is 0 Å². The molecule has 2 rings (SSSR count). The first kappa shape index (κ1) is 15.3. The van der Waals surface area contributed by atoms with E-state index in [2.05, 4.69) is 4.90 Å². The van der Waals surface area contributed by atoms with E-state index in [1.54, 1.807) is 7.11 Å². The summed E-state index contributed by atoms with van der Waals surface area (Å²) < 4.78 is 5.15. The molecule has 0 aromatic heterocycles. The van der Waals surface area contributed by atoms with Crippen molar-refractivity contribution in [3.63, 3.8) is 0 Å². The molecular formula is C18H21NO2. The van der Waals surface area contributed by atoms with Gasteiger partial charge in [-0.3, -0.25) is 9.69 Å². The van der Waals surface area contributed by atoms with Gasteiger partial charge in [-0.05, 0) is 31.7 Å². The molecule has 0 saturated carbocycles. The van der Waals surface area contributed by atoms with Crippen molar-refractivity contribution in [3.05, 3.63) is 65.7 Å². The molecule has 0 heterocycles. The summed E-state index contributed by atoms with van der Waals surface area (Å²) in [6.07, 6.45) is 0. The first-order valence-corrected chi connectivity index (χ1v) is 7.04. The molecule has 2 aromatic rings. The van der Waals surface area contributed by atoms with Crippen molar-refractivity contribution in [1.82, 2.24) is 4.90 Å². The van der Waals surface area contributed by atoms with Crippen LogP contribution in [-0.2, 0) is 6.54 Å². The molecule has 3 heteroatoms. The Kier molecular flexibility index (Phi) is 5.12. The number of benzene rings is 2. The zero-order chi connectivity index (χ0) is 15.2. The lowest BCUT2D eigenvalue weighted by Crippen LogP contribution is -2.35. The van der Waals surface area contributed by atoms with E-state index < -0.39 is 0 Å². The van der Waals surface area contributed by atoms with Crippen LogP contribution in [0.5, 0.6) is 5.75 Å². The smallest absolute Gasteiger partial charge is 0.179 e. The maximum absolute atomic E-state index is 12.4. The van der Waals surface area contributed by atoms with Crippen molar-refractivity contribution in [2.24, 2.45) is 0 Å². The largest absolute Gasteiger partial charge is 0.497 e. The molecule has 0 spiro atoms. The highest BCUT2D eigenvalue weighted by Crippen LogP contribution is 2.15. The molecule has 21 heavy (non-hydrogen) atoms. The fourth-order valence-corrected chi connectivity index (χ4v) is 2.20. The van der Waals surface area contributed by atoms with E-state index in [9.17, 15) is 4.79 Å². The van der Waals surface area contributed by atoms with Gasteiger partial charge in [0.05, 0.1) is 13.2 Å². The molecule has 3 nitrogen and oxygen atoms in total. The molecule has 110 valence electrons. The molecule has 1 unspecified atom stereocenters. The Hall–Kier alpha value is -2.13. The van der Waals surface area contributed by atoms with Crippen LogP contribution in [0.1, 0.15) is 22.8 Å². The minimum absolute atomic E-state index is 0.145. The Balaban J connectivity index is 2.01. The molecule has 1 atom stereocenters. The predicted octanol–water partition coefficient (Wildman–Crippen LogP) is 3.40. The predicted molar refractivity (Wildman–Crippen MR) is 84.7 cm³/mol. The number of nitrogens with zero attached hydrogens (tertiary/aromatic N) is 1. The van der Waals surface area contributed by atoms with Gasteiger partial charge in [-0.25, -0.2) is 0 Å². The molecule has 0 aliphatic carbocycles. The Morgan fingerprint density at radius 1 is 1.10 bits per heavy atom. The van der Waals surface area contributed by atoms with E-state index in [1.165, 1.54) is 0 Å². The number of rotatable bonds is 6. The van der Waals surface area contributed by atoms with Crippen LogP contribution in [0.15, 0.2) is 54.6 Å². The van der Waals surface area contributed by atoms with Gasteiger partial charge in [-0.15, -0.1) is 0 Å². The van der Waals surface area contributed by atoms with Crippen molar-refractivity contribution >= 4 is 5.78 Å². The molecule has 0 fully saturated rings. The van der Waals surface area contributed by atoms with Gasteiger partial charge >= 0.3 is 0 Å². The van der Waals surface area contributed by atoms with Crippen LogP contribution in [0.3, 0.4) is 0 Å².